The van der Waals surface area contributed by atoms with Gasteiger partial charge in [0, 0.05) is 5.39 Å². The van der Waals surface area contributed by atoms with Crippen LogP contribution in [0.25, 0.3) is 21.5 Å². The first-order valence-electron chi connectivity index (χ1n) is 8.50. The van der Waals surface area contributed by atoms with Crippen LogP contribution in [0.4, 0.5) is 0 Å². The molecule has 0 heterocycles. The number of fused-ring (bicyclic) bond motifs is 3. The van der Waals surface area contributed by atoms with Crippen molar-refractivity contribution >= 4 is 33.5 Å². The first-order chi connectivity index (χ1) is 13.0. The average molecular weight is 367 g/mol. The molecule has 0 radical (unpaired) electrons. The van der Waals surface area contributed by atoms with E-state index in [4.69, 9.17) is 19.8 Å². The van der Waals surface area contributed by atoms with Gasteiger partial charge in [0.25, 0.3) is 0 Å². The Morgan fingerprint density at radius 2 is 1.33 bits per heavy atom. The predicted octanol–water partition coefficient (Wildman–Crippen LogP) is 2.66. The fraction of sp³-hybridized carbons (Fsp3) is 0.190. The van der Waals surface area contributed by atoms with Gasteiger partial charge in [0.05, 0.1) is 0 Å². The average Bonchev–Trinajstić information content (AvgIpc) is 2.78. The van der Waals surface area contributed by atoms with E-state index in [1.165, 1.54) is 5.39 Å². The lowest BCUT2D eigenvalue weighted by atomic mass is 10.0. The third kappa shape index (κ3) is 5.12. The maximum absolute atomic E-state index is 12.5. The van der Waals surface area contributed by atoms with Gasteiger partial charge in [-0.15, -0.1) is 0 Å². The zero-order valence-electron chi connectivity index (χ0n) is 14.9. The fourth-order valence-corrected chi connectivity index (χ4v) is 2.91. The Kier molecular flexibility index (Phi) is 7.02. The fourth-order valence-electron chi connectivity index (χ4n) is 2.91. The molecule has 6 nitrogen and oxygen atoms in total. The number of aryl methyl sites for hydroxylation is 1. The predicted molar refractivity (Wildman–Crippen MR) is 105 cm³/mol. The van der Waals surface area contributed by atoms with Gasteiger partial charge in [-0.25, -0.2) is 9.59 Å². The van der Waals surface area contributed by atoms with Crippen molar-refractivity contribution in [2.45, 2.75) is 12.8 Å². The van der Waals surface area contributed by atoms with Crippen LogP contribution in [0.2, 0.25) is 0 Å². The van der Waals surface area contributed by atoms with E-state index in [-0.39, 0.29) is 5.43 Å². The number of hydrogen-bond donors (Lipinski definition) is 3. The number of nitrogens with one attached hydrogen (secondary N) is 1. The lowest BCUT2D eigenvalue weighted by Gasteiger charge is -2.03. The SMILES string of the molecule is CNCCCc1cc(=O)c2ccccc2c2ccccc12.O=C(O)C(=O)O. The minimum atomic E-state index is -1.82. The van der Waals surface area contributed by atoms with E-state index >= 15 is 0 Å². The minimum Gasteiger partial charge on any atom is -0.473 e. The van der Waals surface area contributed by atoms with Crippen molar-refractivity contribution in [2.75, 3.05) is 13.6 Å². The summed E-state index contributed by atoms with van der Waals surface area (Å²) in [7, 11) is 1.95. The number of hydrogen-bond acceptors (Lipinski definition) is 4. The molecule has 0 unspecified atom stereocenters. The first-order valence-corrected chi connectivity index (χ1v) is 8.50. The summed E-state index contributed by atoms with van der Waals surface area (Å²) in [6, 6.07) is 18.0. The van der Waals surface area contributed by atoms with E-state index in [2.05, 4.69) is 17.4 Å². The summed E-state index contributed by atoms with van der Waals surface area (Å²) in [6.07, 6.45) is 1.94. The van der Waals surface area contributed by atoms with Gasteiger partial charge >= 0.3 is 11.9 Å². The molecule has 140 valence electrons. The normalized spacial score (nSPS) is 10.3. The summed E-state index contributed by atoms with van der Waals surface area (Å²) >= 11 is 0. The molecule has 3 aromatic carbocycles. The Bertz CT molecular complexity index is 1020. The van der Waals surface area contributed by atoms with Crippen molar-refractivity contribution in [3.05, 3.63) is 70.4 Å². The number of rotatable bonds is 4. The highest BCUT2D eigenvalue weighted by Gasteiger charge is 2.06. The second-order valence-electron chi connectivity index (χ2n) is 5.94. The molecule has 0 spiro atoms. The highest BCUT2D eigenvalue weighted by Crippen LogP contribution is 2.24. The molecule has 0 atom stereocenters. The van der Waals surface area contributed by atoms with Crippen molar-refractivity contribution in [3.63, 3.8) is 0 Å². The van der Waals surface area contributed by atoms with Gasteiger partial charge in [-0.1, -0.05) is 48.5 Å². The summed E-state index contributed by atoms with van der Waals surface area (Å²) in [5.74, 6) is -3.65. The lowest BCUT2D eigenvalue weighted by Crippen LogP contribution is -2.09. The number of carboxylic acids is 2. The molecule has 0 aliphatic heterocycles. The molecular weight excluding hydrogens is 346 g/mol. The number of benzene rings is 2. The molecule has 0 aliphatic carbocycles. The third-order valence-corrected chi connectivity index (χ3v) is 4.12. The standard InChI is InChI=1S/C19H19NO.C2H2O4/c1-20-12-6-7-14-13-19(21)18-11-5-4-10-17(18)16-9-3-2-8-15(14)16;3-1(4)2(5)6/h2-5,8-11,13,20H,6-7,12H2,1H3;(H,3,4)(H,5,6). The molecular formula is C21H21NO5. The molecule has 3 N–H and O–H groups in total. The molecule has 3 aromatic rings. The van der Waals surface area contributed by atoms with Crippen LogP contribution in [-0.4, -0.2) is 35.7 Å². The van der Waals surface area contributed by atoms with Crippen LogP contribution in [0, 0.1) is 0 Å². The zero-order valence-corrected chi connectivity index (χ0v) is 14.9. The van der Waals surface area contributed by atoms with Crippen molar-refractivity contribution in [3.8, 4) is 0 Å². The van der Waals surface area contributed by atoms with Crippen molar-refractivity contribution in [2.24, 2.45) is 0 Å². The third-order valence-electron chi connectivity index (χ3n) is 4.12. The Balaban J connectivity index is 0.000000380. The van der Waals surface area contributed by atoms with E-state index < -0.39 is 11.9 Å². The lowest BCUT2D eigenvalue weighted by molar-refractivity contribution is -0.159. The smallest absolute Gasteiger partial charge is 0.414 e. The van der Waals surface area contributed by atoms with Crippen LogP contribution in [0.5, 0.6) is 0 Å². The molecule has 27 heavy (non-hydrogen) atoms. The van der Waals surface area contributed by atoms with Crippen molar-refractivity contribution in [1.82, 2.24) is 5.32 Å². The molecule has 3 rings (SSSR count). The summed E-state index contributed by atoms with van der Waals surface area (Å²) < 4.78 is 0. The van der Waals surface area contributed by atoms with Gasteiger partial charge in [0.2, 0.25) is 0 Å². The molecule has 0 saturated carbocycles. The van der Waals surface area contributed by atoms with E-state index in [0.29, 0.717) is 0 Å². The topological polar surface area (TPSA) is 104 Å². The molecule has 0 amide bonds. The second-order valence-corrected chi connectivity index (χ2v) is 5.94. The van der Waals surface area contributed by atoms with Gasteiger partial charge in [-0.05, 0) is 54.2 Å². The maximum atomic E-state index is 12.5. The molecule has 0 aromatic heterocycles. The van der Waals surface area contributed by atoms with Crippen LogP contribution in [0.15, 0.2) is 59.4 Å². The van der Waals surface area contributed by atoms with Gasteiger partial charge in [0.15, 0.2) is 5.43 Å². The first kappa shape index (κ1) is 20.1. The number of carbonyl (C=O) groups is 2. The molecule has 6 heteroatoms. The van der Waals surface area contributed by atoms with E-state index in [0.717, 1.165) is 41.1 Å². The van der Waals surface area contributed by atoms with Crippen molar-refractivity contribution < 1.29 is 19.8 Å². The quantitative estimate of drug-likeness (QED) is 0.484. The molecule has 0 saturated heterocycles. The van der Waals surface area contributed by atoms with Gasteiger partial charge < -0.3 is 15.5 Å². The van der Waals surface area contributed by atoms with Crippen molar-refractivity contribution in [1.29, 1.82) is 0 Å². The monoisotopic (exact) mass is 367 g/mol. The highest BCUT2D eigenvalue weighted by atomic mass is 16.4. The zero-order chi connectivity index (χ0) is 19.8. The number of aliphatic carboxylic acids is 2. The van der Waals surface area contributed by atoms with Crippen LogP contribution in [-0.2, 0) is 16.0 Å². The minimum absolute atomic E-state index is 0.112. The number of carboxylic acid groups (broad SMARTS) is 2. The molecule has 0 aliphatic rings. The summed E-state index contributed by atoms with van der Waals surface area (Å²) in [5, 5.41) is 22.1. The van der Waals surface area contributed by atoms with Gasteiger partial charge in [-0.2, -0.15) is 0 Å². The summed E-state index contributed by atoms with van der Waals surface area (Å²) in [6.45, 7) is 0.959. The maximum Gasteiger partial charge on any atom is 0.414 e. The van der Waals surface area contributed by atoms with Gasteiger partial charge in [-0.3, -0.25) is 4.79 Å². The van der Waals surface area contributed by atoms with E-state index in [1.54, 1.807) is 0 Å². The molecule has 0 fully saturated rings. The summed E-state index contributed by atoms with van der Waals surface area (Å²) in [4.78, 5) is 30.7. The van der Waals surface area contributed by atoms with Crippen LogP contribution in [0.3, 0.4) is 0 Å². The summed E-state index contributed by atoms with van der Waals surface area (Å²) in [5.41, 5.74) is 1.25. The Labute approximate surface area is 156 Å². The van der Waals surface area contributed by atoms with Gasteiger partial charge in [0.1, 0.15) is 0 Å². The Hall–Kier alpha value is -3.25. The van der Waals surface area contributed by atoms with Crippen LogP contribution >= 0.6 is 0 Å². The highest BCUT2D eigenvalue weighted by molar-refractivity contribution is 6.27. The van der Waals surface area contributed by atoms with E-state index in [1.807, 2.05) is 49.5 Å². The molecule has 0 bridgehead atoms. The van der Waals surface area contributed by atoms with E-state index in [9.17, 15) is 4.79 Å². The van der Waals surface area contributed by atoms with Crippen LogP contribution < -0.4 is 10.7 Å². The Morgan fingerprint density at radius 1 is 0.852 bits per heavy atom. The largest absolute Gasteiger partial charge is 0.473 e. The van der Waals surface area contributed by atoms with Crippen LogP contribution in [0.1, 0.15) is 12.0 Å². The Morgan fingerprint density at radius 3 is 1.85 bits per heavy atom. The second kappa shape index (κ2) is 9.45.